The summed E-state index contributed by atoms with van der Waals surface area (Å²) in [6.07, 6.45) is 7.01. The van der Waals surface area contributed by atoms with Crippen LogP contribution in [0.15, 0.2) is 47.6 Å². The molecule has 1 aliphatic rings. The first-order valence-electron chi connectivity index (χ1n) is 10.5. The lowest BCUT2D eigenvalue weighted by Gasteiger charge is -2.10. The highest BCUT2D eigenvalue weighted by Gasteiger charge is 2.22. The average molecular weight is 401 g/mol. The van der Waals surface area contributed by atoms with Gasteiger partial charge in [-0.3, -0.25) is 0 Å². The molecular formula is C23H32N2O2S. The van der Waals surface area contributed by atoms with Crippen molar-refractivity contribution in [3.05, 3.63) is 53.9 Å². The summed E-state index contributed by atoms with van der Waals surface area (Å²) in [5.74, 6) is 3.88. The molecule has 0 spiro atoms. The van der Waals surface area contributed by atoms with Gasteiger partial charge in [-0.2, -0.15) is 11.8 Å². The van der Waals surface area contributed by atoms with E-state index in [9.17, 15) is 0 Å². The van der Waals surface area contributed by atoms with Gasteiger partial charge >= 0.3 is 0 Å². The molecule has 0 amide bonds. The molecule has 4 nitrogen and oxygen atoms in total. The Hall–Kier alpha value is -1.88. The molecule has 0 aliphatic carbocycles. The summed E-state index contributed by atoms with van der Waals surface area (Å²) >= 11 is 1.92. The molecule has 152 valence electrons. The van der Waals surface area contributed by atoms with Crippen molar-refractivity contribution in [2.24, 2.45) is 4.99 Å². The van der Waals surface area contributed by atoms with Crippen LogP contribution in [0.4, 0.5) is 0 Å². The molecule has 0 radical (unpaired) electrons. The molecule has 1 aromatic carbocycles. The monoisotopic (exact) mass is 400 g/mol. The molecule has 0 fully saturated rings. The van der Waals surface area contributed by atoms with Gasteiger partial charge in [0.2, 0.25) is 5.90 Å². The predicted molar refractivity (Wildman–Crippen MR) is 119 cm³/mol. The number of hydrogen-bond acceptors (Lipinski definition) is 4. The Balaban J connectivity index is 1.54. The van der Waals surface area contributed by atoms with E-state index in [-0.39, 0.29) is 6.04 Å². The maximum atomic E-state index is 5.87. The summed E-state index contributed by atoms with van der Waals surface area (Å²) in [4.78, 5) is 4.77. The second kappa shape index (κ2) is 11.2. The molecule has 28 heavy (non-hydrogen) atoms. The minimum absolute atomic E-state index is 0.275. The Labute approximate surface area is 173 Å². The average Bonchev–Trinajstić information content (AvgIpc) is 3.36. The number of nitrogens with zero attached hydrogens (tertiary/aromatic N) is 2. The van der Waals surface area contributed by atoms with Crippen LogP contribution in [0.25, 0.3) is 0 Å². The van der Waals surface area contributed by atoms with Crippen molar-refractivity contribution < 1.29 is 9.47 Å². The first-order valence-corrected chi connectivity index (χ1v) is 11.6. The topological polar surface area (TPSA) is 35.8 Å². The number of hydrogen-bond donors (Lipinski definition) is 0. The van der Waals surface area contributed by atoms with Gasteiger partial charge in [-0.25, -0.2) is 4.99 Å². The van der Waals surface area contributed by atoms with Crippen LogP contribution in [0.2, 0.25) is 0 Å². The molecule has 5 heteroatoms. The van der Waals surface area contributed by atoms with Crippen molar-refractivity contribution in [2.75, 3.05) is 24.7 Å². The minimum atomic E-state index is 0.275. The van der Waals surface area contributed by atoms with E-state index in [2.05, 4.69) is 61.0 Å². The molecule has 1 aromatic heterocycles. The zero-order valence-corrected chi connectivity index (χ0v) is 17.9. The lowest BCUT2D eigenvalue weighted by molar-refractivity contribution is 0.305. The molecule has 2 heterocycles. The summed E-state index contributed by atoms with van der Waals surface area (Å²) in [6, 6.07) is 12.8. The molecular weight excluding hydrogens is 368 g/mol. The molecule has 0 saturated carbocycles. The third-order valence-electron chi connectivity index (χ3n) is 4.82. The van der Waals surface area contributed by atoms with Gasteiger partial charge in [0.1, 0.15) is 18.1 Å². The maximum absolute atomic E-state index is 5.87. The lowest BCUT2D eigenvalue weighted by atomic mass is 10.2. The number of unbranched alkanes of at least 4 members (excludes halogenated alkanes) is 3. The van der Waals surface area contributed by atoms with E-state index >= 15 is 0 Å². The number of rotatable bonds is 12. The van der Waals surface area contributed by atoms with E-state index < -0.39 is 0 Å². The fourth-order valence-electron chi connectivity index (χ4n) is 3.25. The van der Waals surface area contributed by atoms with E-state index in [1.807, 2.05) is 11.8 Å². The fraction of sp³-hybridized carbons (Fsp3) is 0.522. The van der Waals surface area contributed by atoms with Crippen LogP contribution in [0.1, 0.15) is 50.8 Å². The highest BCUT2D eigenvalue weighted by molar-refractivity contribution is 7.99. The highest BCUT2D eigenvalue weighted by Crippen LogP contribution is 2.19. The van der Waals surface area contributed by atoms with E-state index in [1.54, 1.807) is 0 Å². The zero-order chi connectivity index (χ0) is 19.6. The van der Waals surface area contributed by atoms with Crippen molar-refractivity contribution in [2.45, 2.75) is 52.1 Å². The summed E-state index contributed by atoms with van der Waals surface area (Å²) in [5, 5.41) is 0. The third-order valence-corrected chi connectivity index (χ3v) is 5.85. The molecule has 1 atom stereocenters. The molecule has 0 bridgehead atoms. The zero-order valence-electron chi connectivity index (χ0n) is 17.1. The van der Waals surface area contributed by atoms with Gasteiger partial charge in [-0.1, -0.05) is 45.2 Å². The largest absolute Gasteiger partial charge is 0.494 e. The Morgan fingerprint density at radius 2 is 2.00 bits per heavy atom. The van der Waals surface area contributed by atoms with E-state index in [1.165, 1.54) is 24.8 Å². The van der Waals surface area contributed by atoms with Gasteiger partial charge in [0.15, 0.2) is 0 Å². The second-order valence-corrected chi connectivity index (χ2v) is 8.45. The predicted octanol–water partition coefficient (Wildman–Crippen LogP) is 5.39. The number of aromatic nitrogens is 1. The van der Waals surface area contributed by atoms with Crippen LogP contribution in [0.3, 0.4) is 0 Å². The van der Waals surface area contributed by atoms with Crippen molar-refractivity contribution in [3.8, 4) is 5.75 Å². The van der Waals surface area contributed by atoms with Crippen LogP contribution < -0.4 is 4.74 Å². The first kappa shape index (κ1) is 20.8. The van der Waals surface area contributed by atoms with E-state index in [0.29, 0.717) is 6.61 Å². The van der Waals surface area contributed by atoms with Crippen molar-refractivity contribution >= 4 is 17.7 Å². The first-order chi connectivity index (χ1) is 13.8. The fourth-order valence-corrected chi connectivity index (χ4v) is 3.93. The molecule has 1 unspecified atom stereocenters. The molecule has 3 rings (SSSR count). The Morgan fingerprint density at radius 3 is 2.79 bits per heavy atom. The smallest absolute Gasteiger partial charge is 0.233 e. The van der Waals surface area contributed by atoms with Crippen molar-refractivity contribution in [1.29, 1.82) is 0 Å². The van der Waals surface area contributed by atoms with Crippen LogP contribution in [-0.4, -0.2) is 41.2 Å². The van der Waals surface area contributed by atoms with Crippen LogP contribution in [0, 0.1) is 0 Å². The van der Waals surface area contributed by atoms with Gasteiger partial charge in [-0.15, -0.1) is 0 Å². The van der Waals surface area contributed by atoms with Gasteiger partial charge < -0.3 is 14.0 Å². The van der Waals surface area contributed by atoms with Gasteiger partial charge in [-0.05, 0) is 42.0 Å². The van der Waals surface area contributed by atoms with Crippen molar-refractivity contribution in [3.63, 3.8) is 0 Å². The Kier molecular flexibility index (Phi) is 8.34. The highest BCUT2D eigenvalue weighted by atomic mass is 32.2. The third kappa shape index (κ3) is 6.06. The second-order valence-electron chi connectivity index (χ2n) is 7.13. The van der Waals surface area contributed by atoms with E-state index in [4.69, 9.17) is 14.5 Å². The normalized spacial score (nSPS) is 16.1. The Morgan fingerprint density at radius 1 is 1.14 bits per heavy atom. The molecule has 1 aliphatic heterocycles. The van der Waals surface area contributed by atoms with Crippen LogP contribution >= 0.6 is 11.8 Å². The molecule has 0 N–H and O–H groups in total. The number of ether oxygens (including phenoxy) is 2. The SMILES string of the molecule is CCCCCCOc1ccc(Cn2cccc2C2=NC(CSCC)CO2)cc1. The maximum Gasteiger partial charge on any atom is 0.233 e. The number of thioether (sulfide) groups is 1. The number of aliphatic imine (C=N–C) groups is 1. The number of benzene rings is 1. The Bertz CT molecular complexity index is 739. The minimum Gasteiger partial charge on any atom is -0.494 e. The van der Waals surface area contributed by atoms with Crippen molar-refractivity contribution in [1.82, 2.24) is 4.57 Å². The van der Waals surface area contributed by atoms with Crippen LogP contribution in [0.5, 0.6) is 5.75 Å². The molecule has 0 saturated heterocycles. The summed E-state index contributed by atoms with van der Waals surface area (Å²) in [6.45, 7) is 6.70. The lowest BCUT2D eigenvalue weighted by Crippen LogP contribution is -2.11. The molecule has 2 aromatic rings. The van der Waals surface area contributed by atoms with Gasteiger partial charge in [0.25, 0.3) is 0 Å². The summed E-state index contributed by atoms with van der Waals surface area (Å²) in [7, 11) is 0. The quantitative estimate of drug-likeness (QED) is 0.448. The van der Waals surface area contributed by atoms with Gasteiger partial charge in [0.05, 0.1) is 12.6 Å². The van der Waals surface area contributed by atoms with Gasteiger partial charge in [0, 0.05) is 18.5 Å². The summed E-state index contributed by atoms with van der Waals surface area (Å²) < 4.78 is 13.9. The van der Waals surface area contributed by atoms with E-state index in [0.717, 1.165) is 48.4 Å². The summed E-state index contributed by atoms with van der Waals surface area (Å²) in [5.41, 5.74) is 2.30. The van der Waals surface area contributed by atoms with Crippen LogP contribution in [-0.2, 0) is 11.3 Å². The standard InChI is InChI=1S/C23H32N2O2S/c1-3-5-6-7-15-26-21-12-10-19(11-13-21)16-25-14-8-9-22(25)23-24-20(17-27-23)18-28-4-2/h8-14,20H,3-7,15-18H2,1-2H3.